The Labute approximate surface area is 176 Å². The minimum absolute atomic E-state index is 0.0413. The van der Waals surface area contributed by atoms with Crippen LogP contribution in [0.2, 0.25) is 0 Å². The van der Waals surface area contributed by atoms with Crippen molar-refractivity contribution >= 4 is 11.5 Å². The lowest BCUT2D eigenvalue weighted by atomic mass is 10.0. The number of ether oxygens (including phenoxy) is 1. The first-order valence-corrected chi connectivity index (χ1v) is 10.1. The van der Waals surface area contributed by atoms with Crippen molar-refractivity contribution in [3.8, 4) is 11.4 Å². The molecule has 0 spiro atoms. The molecule has 0 saturated carbocycles. The number of nitrogens with zero attached hydrogens (tertiary/aromatic N) is 3. The Bertz CT molecular complexity index is 1010. The van der Waals surface area contributed by atoms with Crippen LogP contribution in [0, 0.1) is 0 Å². The van der Waals surface area contributed by atoms with Crippen LogP contribution in [0.3, 0.4) is 0 Å². The highest BCUT2D eigenvalue weighted by Gasteiger charge is 2.16. The maximum atomic E-state index is 12.3. The second-order valence-corrected chi connectivity index (χ2v) is 7.35. The van der Waals surface area contributed by atoms with Crippen molar-refractivity contribution in [1.29, 1.82) is 0 Å². The van der Waals surface area contributed by atoms with Crippen LogP contribution >= 0.6 is 0 Å². The fourth-order valence-corrected chi connectivity index (χ4v) is 3.53. The zero-order valence-corrected chi connectivity index (χ0v) is 17.1. The molecule has 1 aliphatic heterocycles. The number of nitrogens with one attached hydrogen (secondary N) is 1. The van der Waals surface area contributed by atoms with Crippen LogP contribution in [0.5, 0.6) is 5.75 Å². The Morgan fingerprint density at radius 1 is 1.13 bits per heavy atom. The molecule has 1 aromatic heterocycles. The molecular formula is C24H26N4O2. The summed E-state index contributed by atoms with van der Waals surface area (Å²) in [6.07, 6.45) is 7.09. The van der Waals surface area contributed by atoms with Crippen LogP contribution < -0.4 is 10.1 Å². The molecule has 0 aliphatic carbocycles. The highest BCUT2D eigenvalue weighted by molar-refractivity contribution is 5.78. The first-order chi connectivity index (χ1) is 14.7. The summed E-state index contributed by atoms with van der Waals surface area (Å²) in [5.74, 6) is 0.856. The lowest BCUT2D eigenvalue weighted by Gasteiger charge is -2.25. The maximum absolute atomic E-state index is 12.3. The van der Waals surface area contributed by atoms with Crippen molar-refractivity contribution < 1.29 is 9.53 Å². The van der Waals surface area contributed by atoms with E-state index in [1.165, 1.54) is 5.57 Å². The minimum Gasteiger partial charge on any atom is -0.497 e. The van der Waals surface area contributed by atoms with E-state index in [2.05, 4.69) is 27.6 Å². The average molecular weight is 402 g/mol. The molecule has 1 aliphatic rings. The quantitative estimate of drug-likeness (QED) is 0.659. The lowest BCUT2D eigenvalue weighted by molar-refractivity contribution is -0.122. The second-order valence-electron chi connectivity index (χ2n) is 7.35. The number of benzene rings is 2. The molecule has 0 fully saturated rings. The summed E-state index contributed by atoms with van der Waals surface area (Å²) in [6, 6.07) is 17.8. The fourth-order valence-electron chi connectivity index (χ4n) is 3.53. The second kappa shape index (κ2) is 9.41. The van der Waals surface area contributed by atoms with Crippen LogP contribution in [-0.4, -0.2) is 47.3 Å². The highest BCUT2D eigenvalue weighted by Crippen LogP contribution is 2.22. The van der Waals surface area contributed by atoms with Gasteiger partial charge in [-0.2, -0.15) is 5.10 Å². The summed E-state index contributed by atoms with van der Waals surface area (Å²) in [4.78, 5) is 14.5. The van der Waals surface area contributed by atoms with Crippen molar-refractivity contribution in [3.05, 3.63) is 84.2 Å². The van der Waals surface area contributed by atoms with Gasteiger partial charge in [-0.05, 0) is 41.8 Å². The van der Waals surface area contributed by atoms with Crippen molar-refractivity contribution in [1.82, 2.24) is 20.0 Å². The summed E-state index contributed by atoms with van der Waals surface area (Å²) in [7, 11) is 1.64. The highest BCUT2D eigenvalue weighted by atomic mass is 16.5. The Hall–Kier alpha value is -3.38. The molecule has 3 aromatic rings. The maximum Gasteiger partial charge on any atom is 0.234 e. The van der Waals surface area contributed by atoms with Gasteiger partial charge in [-0.15, -0.1) is 0 Å². The van der Waals surface area contributed by atoms with Crippen molar-refractivity contribution in [3.63, 3.8) is 0 Å². The van der Waals surface area contributed by atoms with Crippen LogP contribution in [0.1, 0.15) is 17.5 Å². The van der Waals surface area contributed by atoms with E-state index in [0.29, 0.717) is 13.1 Å². The molecule has 0 radical (unpaired) electrons. The Balaban J connectivity index is 1.27. The largest absolute Gasteiger partial charge is 0.497 e. The predicted molar refractivity (Wildman–Crippen MR) is 117 cm³/mol. The molecule has 30 heavy (non-hydrogen) atoms. The molecule has 0 atom stereocenters. The smallest absolute Gasteiger partial charge is 0.234 e. The molecule has 6 nitrogen and oxygen atoms in total. The number of para-hydroxylation sites is 1. The molecule has 6 heteroatoms. The van der Waals surface area contributed by atoms with Gasteiger partial charge in [0.1, 0.15) is 5.75 Å². The number of methoxy groups -OCH3 is 1. The minimum atomic E-state index is 0.0413. The Morgan fingerprint density at radius 3 is 2.63 bits per heavy atom. The molecule has 0 unspecified atom stereocenters. The molecule has 1 amide bonds. The Kier molecular flexibility index (Phi) is 6.25. The summed E-state index contributed by atoms with van der Waals surface area (Å²) in [5, 5.41) is 7.48. The monoisotopic (exact) mass is 402 g/mol. The van der Waals surface area contributed by atoms with E-state index < -0.39 is 0 Å². The van der Waals surface area contributed by atoms with Crippen molar-refractivity contribution in [2.75, 3.05) is 26.7 Å². The zero-order valence-electron chi connectivity index (χ0n) is 17.1. The number of carbonyl (C=O) groups is 1. The van der Waals surface area contributed by atoms with Gasteiger partial charge in [-0.3, -0.25) is 9.69 Å². The molecule has 2 heterocycles. The van der Waals surface area contributed by atoms with E-state index in [9.17, 15) is 4.79 Å². The lowest BCUT2D eigenvalue weighted by Crippen LogP contribution is -2.39. The molecule has 4 rings (SSSR count). The summed E-state index contributed by atoms with van der Waals surface area (Å²) in [5.41, 5.74) is 4.53. The third-order valence-electron chi connectivity index (χ3n) is 5.28. The topological polar surface area (TPSA) is 59.4 Å². The summed E-state index contributed by atoms with van der Waals surface area (Å²) >= 11 is 0. The predicted octanol–water partition coefficient (Wildman–Crippen LogP) is 3.29. The van der Waals surface area contributed by atoms with E-state index in [0.717, 1.165) is 42.1 Å². The molecule has 0 bridgehead atoms. The number of rotatable bonds is 7. The third kappa shape index (κ3) is 4.96. The van der Waals surface area contributed by atoms with E-state index in [1.807, 2.05) is 65.5 Å². The average Bonchev–Trinajstić information content (AvgIpc) is 3.29. The van der Waals surface area contributed by atoms with Gasteiger partial charge < -0.3 is 10.1 Å². The van der Waals surface area contributed by atoms with Crippen molar-refractivity contribution in [2.45, 2.75) is 13.0 Å². The van der Waals surface area contributed by atoms with Gasteiger partial charge in [-0.1, -0.05) is 36.4 Å². The van der Waals surface area contributed by atoms with Crippen LogP contribution in [0.25, 0.3) is 11.3 Å². The third-order valence-corrected chi connectivity index (χ3v) is 5.28. The Morgan fingerprint density at radius 2 is 1.93 bits per heavy atom. The SMILES string of the molecule is COc1ccc(CNC(=O)CN2CC=C(c3cnn(-c4ccccc4)c3)CC2)cc1. The van der Waals surface area contributed by atoms with E-state index in [1.54, 1.807) is 7.11 Å². The first-order valence-electron chi connectivity index (χ1n) is 10.1. The molecule has 0 saturated heterocycles. The molecule has 154 valence electrons. The zero-order chi connectivity index (χ0) is 20.8. The number of hydrogen-bond acceptors (Lipinski definition) is 4. The van der Waals surface area contributed by atoms with Gasteiger partial charge in [0.2, 0.25) is 5.91 Å². The van der Waals surface area contributed by atoms with Gasteiger partial charge in [0.25, 0.3) is 0 Å². The van der Waals surface area contributed by atoms with Crippen LogP contribution in [0.4, 0.5) is 0 Å². The number of amides is 1. The van der Waals surface area contributed by atoms with Gasteiger partial charge in [0.15, 0.2) is 0 Å². The summed E-state index contributed by atoms with van der Waals surface area (Å²) in [6.45, 7) is 2.56. The first kappa shape index (κ1) is 19.9. The summed E-state index contributed by atoms with van der Waals surface area (Å²) < 4.78 is 7.05. The van der Waals surface area contributed by atoms with E-state index in [4.69, 9.17) is 4.74 Å². The van der Waals surface area contributed by atoms with Gasteiger partial charge in [0.05, 0.1) is 25.5 Å². The van der Waals surface area contributed by atoms with Gasteiger partial charge >= 0.3 is 0 Å². The van der Waals surface area contributed by atoms with E-state index in [-0.39, 0.29) is 5.91 Å². The normalized spacial score (nSPS) is 14.2. The number of carbonyl (C=O) groups excluding carboxylic acids is 1. The number of hydrogen-bond donors (Lipinski definition) is 1. The number of aromatic nitrogens is 2. The van der Waals surface area contributed by atoms with Crippen LogP contribution in [0.15, 0.2) is 73.1 Å². The fraction of sp³-hybridized carbons (Fsp3) is 0.250. The van der Waals surface area contributed by atoms with Crippen LogP contribution in [-0.2, 0) is 11.3 Å². The van der Waals surface area contributed by atoms with Gasteiger partial charge in [0, 0.05) is 31.4 Å². The molecular weight excluding hydrogens is 376 g/mol. The standard InChI is InChI=1S/C24H26N4O2/c1-30-23-9-7-19(8-10-23)15-25-24(29)18-27-13-11-20(12-14-27)21-16-26-28(17-21)22-5-3-2-4-6-22/h2-11,16-17H,12-15,18H2,1H3,(H,25,29). The van der Waals surface area contributed by atoms with Gasteiger partial charge in [-0.25, -0.2) is 4.68 Å². The van der Waals surface area contributed by atoms with E-state index >= 15 is 0 Å². The molecule has 1 N–H and O–H groups in total. The molecule has 2 aromatic carbocycles. The van der Waals surface area contributed by atoms with Crippen molar-refractivity contribution in [2.24, 2.45) is 0 Å².